The number of hydrogen-bond donors (Lipinski definition) is 1. The van der Waals surface area contributed by atoms with Gasteiger partial charge in [-0.05, 0) is 31.9 Å². The minimum absolute atomic E-state index is 0.0890. The number of nitrogens with zero attached hydrogens (tertiary/aromatic N) is 2. The van der Waals surface area contributed by atoms with Crippen LogP contribution in [-0.4, -0.2) is 22.2 Å². The highest BCUT2D eigenvalue weighted by Crippen LogP contribution is 2.42. The molecule has 6 nitrogen and oxygen atoms in total. The van der Waals surface area contributed by atoms with Crippen molar-refractivity contribution in [2.75, 3.05) is 0 Å². The number of amides is 1. The third-order valence-corrected chi connectivity index (χ3v) is 6.86. The molecule has 154 valence electrons. The average Bonchev–Trinajstić information content (AvgIpc) is 3.26. The predicted molar refractivity (Wildman–Crippen MR) is 114 cm³/mol. The van der Waals surface area contributed by atoms with Crippen LogP contribution in [0.2, 0.25) is 5.02 Å². The number of hydrogen-bond acceptors (Lipinski definition) is 6. The van der Waals surface area contributed by atoms with Gasteiger partial charge in [0.1, 0.15) is 22.4 Å². The zero-order valence-corrected chi connectivity index (χ0v) is 18.4. The summed E-state index contributed by atoms with van der Waals surface area (Å²) < 4.78 is 12.6. The quantitative estimate of drug-likeness (QED) is 0.548. The van der Waals surface area contributed by atoms with Gasteiger partial charge in [-0.3, -0.25) is 4.79 Å². The Balaban J connectivity index is 1.39. The normalized spacial score (nSPS) is 19.9. The molecule has 1 amide bonds. The smallest absolute Gasteiger partial charge is 0.217 e. The fraction of sp³-hybridized carbons (Fsp3) is 0.476. The number of benzene rings is 1. The van der Waals surface area contributed by atoms with Crippen molar-refractivity contribution in [3.8, 4) is 5.75 Å². The zero-order chi connectivity index (χ0) is 20.7. The van der Waals surface area contributed by atoms with Gasteiger partial charge in [-0.1, -0.05) is 30.6 Å². The fourth-order valence-electron chi connectivity index (χ4n) is 3.46. The molecule has 1 saturated carbocycles. The van der Waals surface area contributed by atoms with Crippen molar-refractivity contribution in [1.82, 2.24) is 15.5 Å². The highest BCUT2D eigenvalue weighted by molar-refractivity contribution is 7.18. The molecule has 29 heavy (non-hydrogen) atoms. The minimum Gasteiger partial charge on any atom is -0.489 e. The summed E-state index contributed by atoms with van der Waals surface area (Å²) in [6, 6.07) is 5.69. The molecule has 1 atom stereocenters. The summed E-state index contributed by atoms with van der Waals surface area (Å²) in [4.78, 5) is 15.9. The van der Waals surface area contributed by atoms with E-state index in [-0.39, 0.29) is 24.0 Å². The summed E-state index contributed by atoms with van der Waals surface area (Å²) in [5, 5.41) is 8.64. The molecule has 0 unspecified atom stereocenters. The molecule has 0 radical (unpaired) electrons. The molecule has 0 aliphatic heterocycles. The maximum absolute atomic E-state index is 11.2. The lowest BCUT2D eigenvalue weighted by Crippen LogP contribution is -2.32. The molecule has 3 aromatic rings. The molecule has 0 saturated heterocycles. The number of fused-ring (bicyclic) bond motifs is 1. The van der Waals surface area contributed by atoms with Crippen LogP contribution in [0.3, 0.4) is 0 Å². The van der Waals surface area contributed by atoms with Crippen molar-refractivity contribution in [3.05, 3.63) is 39.7 Å². The van der Waals surface area contributed by atoms with Crippen LogP contribution in [0.5, 0.6) is 5.75 Å². The molecule has 1 N–H and O–H groups in total. The largest absolute Gasteiger partial charge is 0.489 e. The van der Waals surface area contributed by atoms with Gasteiger partial charge in [-0.2, -0.15) is 0 Å². The molecular weight excluding hydrogens is 410 g/mol. The minimum atomic E-state index is -0.194. The van der Waals surface area contributed by atoms with Crippen molar-refractivity contribution in [2.24, 2.45) is 0 Å². The van der Waals surface area contributed by atoms with Gasteiger partial charge in [0, 0.05) is 24.8 Å². The number of halogens is 1. The Kier molecular flexibility index (Phi) is 5.53. The van der Waals surface area contributed by atoms with Crippen LogP contribution in [0, 0.1) is 0 Å². The van der Waals surface area contributed by atoms with Crippen molar-refractivity contribution in [1.29, 1.82) is 0 Å². The highest BCUT2D eigenvalue weighted by atomic mass is 35.5. The third-order valence-electron chi connectivity index (χ3n) is 5.17. The predicted octanol–water partition coefficient (Wildman–Crippen LogP) is 5.58. The Morgan fingerprint density at radius 1 is 1.34 bits per heavy atom. The molecule has 8 heteroatoms. The number of carbonyl (C=O) groups is 1. The Morgan fingerprint density at radius 3 is 2.79 bits per heavy atom. The summed E-state index contributed by atoms with van der Waals surface area (Å²) in [5.41, 5.74) is 1.72. The summed E-state index contributed by atoms with van der Waals surface area (Å²) in [5.74, 6) is 1.92. The molecule has 1 aliphatic carbocycles. The van der Waals surface area contributed by atoms with Gasteiger partial charge >= 0.3 is 0 Å². The molecule has 1 aliphatic rings. The molecule has 2 heterocycles. The summed E-state index contributed by atoms with van der Waals surface area (Å²) >= 11 is 8.25. The number of ether oxygens (including phenoxy) is 1. The first-order valence-corrected chi connectivity index (χ1v) is 11.0. The maximum Gasteiger partial charge on any atom is 0.217 e. The molecule has 0 spiro atoms. The summed E-state index contributed by atoms with van der Waals surface area (Å²) in [6.45, 7) is 7.62. The van der Waals surface area contributed by atoms with E-state index in [1.807, 2.05) is 25.1 Å². The van der Waals surface area contributed by atoms with Crippen LogP contribution in [-0.2, 0) is 4.79 Å². The van der Waals surface area contributed by atoms with Crippen LogP contribution in [0.1, 0.15) is 74.9 Å². The number of carbonyl (C=O) groups excluding carboxylic acids is 1. The molecular formula is C21H24ClN3O3S. The first kappa shape index (κ1) is 20.2. The third kappa shape index (κ3) is 4.12. The lowest BCUT2D eigenvalue weighted by atomic mass is 9.80. The van der Waals surface area contributed by atoms with E-state index in [1.165, 1.54) is 6.92 Å². The summed E-state index contributed by atoms with van der Waals surface area (Å²) in [7, 11) is 0. The lowest BCUT2D eigenvalue weighted by Gasteiger charge is -2.34. The van der Waals surface area contributed by atoms with Gasteiger partial charge in [0.05, 0.1) is 21.4 Å². The van der Waals surface area contributed by atoms with E-state index in [2.05, 4.69) is 29.3 Å². The van der Waals surface area contributed by atoms with Gasteiger partial charge in [0.15, 0.2) is 5.76 Å². The molecule has 2 aromatic heterocycles. The van der Waals surface area contributed by atoms with Crippen LogP contribution in [0.4, 0.5) is 0 Å². The van der Waals surface area contributed by atoms with E-state index in [1.54, 1.807) is 11.3 Å². The van der Waals surface area contributed by atoms with E-state index < -0.39 is 0 Å². The Labute approximate surface area is 178 Å². The van der Waals surface area contributed by atoms with Crippen LogP contribution < -0.4 is 10.1 Å². The van der Waals surface area contributed by atoms with E-state index >= 15 is 0 Å². The van der Waals surface area contributed by atoms with Crippen LogP contribution in [0.25, 0.3) is 10.2 Å². The lowest BCUT2D eigenvalue weighted by molar-refractivity contribution is -0.119. The highest BCUT2D eigenvalue weighted by Gasteiger charge is 2.35. The van der Waals surface area contributed by atoms with Gasteiger partial charge in [-0.25, -0.2) is 4.98 Å². The van der Waals surface area contributed by atoms with Crippen molar-refractivity contribution in [3.63, 3.8) is 0 Å². The standard InChI is InChI=1S/C21H24ClN3O3S/c1-10(2)21-24-20-18(29-21)6-5-16(19(20)22)27-14-7-13(8-14)15-9-17(28-25-15)11(3)23-12(4)26/h5-6,9-11,13-14H,7-8H2,1-4H3,(H,23,26)/t11-,13?,14?/m0/s1. The fourth-order valence-corrected chi connectivity index (χ4v) is 4.74. The van der Waals surface area contributed by atoms with Crippen LogP contribution in [0.15, 0.2) is 22.7 Å². The molecule has 4 rings (SSSR count). The van der Waals surface area contributed by atoms with Crippen LogP contribution >= 0.6 is 22.9 Å². The van der Waals surface area contributed by atoms with Gasteiger partial charge in [-0.15, -0.1) is 11.3 Å². The number of rotatable bonds is 6. The Morgan fingerprint density at radius 2 is 2.10 bits per heavy atom. The SMILES string of the molecule is CC(=O)N[C@@H](C)c1cc(C2CC(Oc3ccc4sc(C(C)C)nc4c3Cl)C2)no1. The number of nitrogens with one attached hydrogen (secondary N) is 1. The topological polar surface area (TPSA) is 77.2 Å². The second kappa shape index (κ2) is 7.95. The second-order valence-electron chi connectivity index (χ2n) is 7.92. The average molecular weight is 434 g/mol. The van der Waals surface area contributed by atoms with Crippen molar-refractivity contribution in [2.45, 2.75) is 64.5 Å². The first-order valence-electron chi connectivity index (χ1n) is 9.81. The van der Waals surface area contributed by atoms with Gasteiger partial charge < -0.3 is 14.6 Å². The molecule has 1 fully saturated rings. The number of thiazole rings is 1. The number of aromatic nitrogens is 2. The second-order valence-corrected chi connectivity index (χ2v) is 9.36. The first-order chi connectivity index (χ1) is 13.8. The van der Waals surface area contributed by atoms with Crippen molar-refractivity contribution < 1.29 is 14.1 Å². The van der Waals surface area contributed by atoms with E-state index in [4.69, 9.17) is 20.9 Å². The van der Waals surface area contributed by atoms with Gasteiger partial charge in [0.25, 0.3) is 0 Å². The van der Waals surface area contributed by atoms with E-state index in [0.717, 1.165) is 33.8 Å². The monoisotopic (exact) mass is 433 g/mol. The molecule has 1 aromatic carbocycles. The maximum atomic E-state index is 11.2. The van der Waals surface area contributed by atoms with E-state index in [9.17, 15) is 4.79 Å². The van der Waals surface area contributed by atoms with Gasteiger partial charge in [0.2, 0.25) is 5.91 Å². The Bertz CT molecular complexity index is 1040. The molecule has 0 bridgehead atoms. The van der Waals surface area contributed by atoms with E-state index in [0.29, 0.717) is 22.5 Å². The van der Waals surface area contributed by atoms with Crippen molar-refractivity contribution >= 4 is 39.1 Å². The zero-order valence-electron chi connectivity index (χ0n) is 16.9. The Hall–Kier alpha value is -2.12. The summed E-state index contributed by atoms with van der Waals surface area (Å²) in [6.07, 6.45) is 1.79.